The zero-order chi connectivity index (χ0) is 22.0. The van der Waals surface area contributed by atoms with E-state index in [1.165, 1.54) is 24.3 Å². The highest BCUT2D eigenvalue weighted by Gasteiger charge is 2.39. The van der Waals surface area contributed by atoms with Gasteiger partial charge in [-0.1, -0.05) is 0 Å². The highest BCUT2D eigenvalue weighted by Crippen LogP contribution is 2.52. The van der Waals surface area contributed by atoms with Crippen molar-refractivity contribution < 1.29 is 19.6 Å². The van der Waals surface area contributed by atoms with Crippen LogP contribution in [0.2, 0.25) is 0 Å². The van der Waals surface area contributed by atoms with E-state index in [-0.39, 0.29) is 45.9 Å². The molecule has 152 valence electrons. The van der Waals surface area contributed by atoms with E-state index >= 15 is 0 Å². The minimum absolute atomic E-state index is 0.104. The number of nitrogens with zero attached hydrogens (tertiary/aromatic N) is 4. The molecule has 2 heterocycles. The molecule has 1 aliphatic carbocycles. The quantitative estimate of drug-likeness (QED) is 0.278. The fourth-order valence-corrected chi connectivity index (χ4v) is 4.23. The molecule has 1 aliphatic heterocycles. The number of ketones is 1. The smallest absolute Gasteiger partial charge is 0.284 e. The van der Waals surface area contributed by atoms with E-state index in [2.05, 4.69) is 0 Å². The second kappa shape index (κ2) is 6.16. The molecular weight excluding hydrogens is 408 g/mol. The van der Waals surface area contributed by atoms with Crippen molar-refractivity contribution in [1.29, 1.82) is 0 Å². The number of carbonyl (C=O) groups excluding carboxylic acids is 1. The first-order valence-corrected chi connectivity index (χ1v) is 8.97. The molecule has 1 aromatic heterocycles. The molecule has 31 heavy (non-hydrogen) atoms. The van der Waals surface area contributed by atoms with Gasteiger partial charge in [0, 0.05) is 35.5 Å². The summed E-state index contributed by atoms with van der Waals surface area (Å²) < 4.78 is 1.69. The van der Waals surface area contributed by atoms with E-state index in [1.54, 1.807) is 22.9 Å². The molecule has 0 bridgehead atoms. The van der Waals surface area contributed by atoms with Gasteiger partial charge in [-0.3, -0.25) is 35.1 Å². The van der Waals surface area contributed by atoms with Crippen molar-refractivity contribution in [2.24, 2.45) is 0 Å². The van der Waals surface area contributed by atoms with Crippen LogP contribution < -0.4 is 0 Å². The zero-order valence-electron chi connectivity index (χ0n) is 15.5. The van der Waals surface area contributed by atoms with Crippen molar-refractivity contribution in [2.45, 2.75) is 6.54 Å². The summed E-state index contributed by atoms with van der Waals surface area (Å²) in [5.41, 5.74) is 0.486. The summed E-state index contributed by atoms with van der Waals surface area (Å²) in [4.78, 5) is 45.5. The maximum Gasteiger partial charge on any atom is 0.284 e. The van der Waals surface area contributed by atoms with Crippen molar-refractivity contribution in [3.05, 3.63) is 101 Å². The lowest BCUT2D eigenvalue weighted by Crippen LogP contribution is -2.01. The molecule has 0 radical (unpaired) electrons. The molecule has 0 fully saturated rings. The number of fused-ring (bicyclic) bond motifs is 4. The number of rotatable bonds is 3. The van der Waals surface area contributed by atoms with Gasteiger partial charge in [-0.2, -0.15) is 0 Å². The third-order valence-corrected chi connectivity index (χ3v) is 5.50. The van der Waals surface area contributed by atoms with Crippen LogP contribution in [0.4, 0.5) is 17.1 Å². The lowest BCUT2D eigenvalue weighted by atomic mass is 9.95. The number of allylic oxidation sites excluding steroid dienone is 1. The zero-order valence-corrected chi connectivity index (χ0v) is 15.5. The molecule has 0 atom stereocenters. The summed E-state index contributed by atoms with van der Waals surface area (Å²) in [6.07, 6.45) is 1.70. The Labute approximate surface area is 172 Å². The Bertz CT molecular complexity index is 1420. The SMILES string of the molecule is O=C1C(=C2c3cc([N+](=O)[O-])ccc3-c3c2cc([N+](=O)[O-])cc3[N+](=O)[O-])Cn2cccc21. The molecule has 0 spiro atoms. The van der Waals surface area contributed by atoms with Crippen LogP contribution in [0.15, 0.2) is 54.2 Å². The van der Waals surface area contributed by atoms with Crippen LogP contribution in [0.1, 0.15) is 21.6 Å². The highest BCUT2D eigenvalue weighted by atomic mass is 16.6. The van der Waals surface area contributed by atoms with Crippen LogP contribution in [-0.2, 0) is 6.54 Å². The highest BCUT2D eigenvalue weighted by molar-refractivity contribution is 6.20. The van der Waals surface area contributed by atoms with Crippen LogP contribution in [-0.4, -0.2) is 25.1 Å². The van der Waals surface area contributed by atoms with E-state index < -0.39 is 26.1 Å². The monoisotopic (exact) mass is 418 g/mol. The normalized spacial score (nSPS) is 16.1. The molecule has 0 unspecified atom stereocenters. The fraction of sp³-hybridized carbons (Fsp3) is 0.0500. The molecule has 0 amide bonds. The standard InChI is InChI=1S/C20H10N4O7/c25-20-15(9-21-5-1-2-16(20)21)18-13-6-10(22(26)27)3-4-12(13)19-14(18)7-11(23(28)29)8-17(19)24(30)31/h1-8H,9H2. The number of hydrogen-bond acceptors (Lipinski definition) is 7. The Balaban J connectivity index is 1.90. The minimum Gasteiger partial charge on any atom is -0.340 e. The lowest BCUT2D eigenvalue weighted by Gasteiger charge is -2.07. The first-order chi connectivity index (χ1) is 14.8. The van der Waals surface area contributed by atoms with E-state index in [0.29, 0.717) is 11.3 Å². The predicted octanol–water partition coefficient (Wildman–Crippen LogP) is 3.89. The second-order valence-electron chi connectivity index (χ2n) is 7.09. The molecule has 0 saturated heterocycles. The first-order valence-electron chi connectivity index (χ1n) is 8.97. The van der Waals surface area contributed by atoms with E-state index in [1.807, 2.05) is 0 Å². The van der Waals surface area contributed by atoms with Crippen molar-refractivity contribution in [2.75, 3.05) is 0 Å². The molecule has 11 heteroatoms. The van der Waals surface area contributed by atoms with Gasteiger partial charge >= 0.3 is 0 Å². The van der Waals surface area contributed by atoms with Crippen LogP contribution >= 0.6 is 0 Å². The summed E-state index contributed by atoms with van der Waals surface area (Å²) in [5.74, 6) is -0.334. The number of aromatic nitrogens is 1. The van der Waals surface area contributed by atoms with Gasteiger partial charge in [0.1, 0.15) is 0 Å². The predicted molar refractivity (Wildman–Crippen MR) is 107 cm³/mol. The van der Waals surface area contributed by atoms with Crippen molar-refractivity contribution in [3.8, 4) is 11.1 Å². The average Bonchev–Trinajstić information content (AvgIpc) is 3.39. The summed E-state index contributed by atoms with van der Waals surface area (Å²) in [7, 11) is 0. The van der Waals surface area contributed by atoms with Gasteiger partial charge in [0.05, 0.1) is 38.6 Å². The molecule has 2 aliphatic rings. The Morgan fingerprint density at radius 1 is 0.806 bits per heavy atom. The fourth-order valence-electron chi connectivity index (χ4n) is 4.23. The molecule has 0 saturated carbocycles. The maximum atomic E-state index is 13.0. The molecule has 5 rings (SSSR count). The number of benzene rings is 2. The molecular formula is C20H10N4O7. The minimum atomic E-state index is -0.749. The van der Waals surface area contributed by atoms with Gasteiger partial charge in [-0.05, 0) is 34.9 Å². The number of non-ortho nitro benzene ring substituents is 2. The number of nitro groups is 3. The van der Waals surface area contributed by atoms with Gasteiger partial charge in [0.25, 0.3) is 17.1 Å². The average molecular weight is 418 g/mol. The summed E-state index contributed by atoms with van der Waals surface area (Å²) in [6.45, 7) is 0.147. The number of hydrogen-bond donors (Lipinski definition) is 0. The summed E-state index contributed by atoms with van der Waals surface area (Å²) in [6, 6.07) is 9.19. The molecule has 3 aromatic rings. The third kappa shape index (κ3) is 2.50. The molecule has 11 nitrogen and oxygen atoms in total. The number of nitro benzene ring substituents is 3. The van der Waals surface area contributed by atoms with Gasteiger partial charge < -0.3 is 4.57 Å². The van der Waals surface area contributed by atoms with Crippen LogP contribution in [0, 0.1) is 30.3 Å². The second-order valence-corrected chi connectivity index (χ2v) is 7.09. The van der Waals surface area contributed by atoms with Crippen molar-refractivity contribution >= 4 is 28.4 Å². The summed E-state index contributed by atoms with van der Waals surface area (Å²) in [5, 5.41) is 34.5. The Morgan fingerprint density at radius 2 is 1.52 bits per heavy atom. The maximum absolute atomic E-state index is 13.0. The van der Waals surface area contributed by atoms with Gasteiger partial charge in [0.2, 0.25) is 5.78 Å². The van der Waals surface area contributed by atoms with Gasteiger partial charge in [0.15, 0.2) is 0 Å². The topological polar surface area (TPSA) is 151 Å². The molecule has 0 N–H and O–H groups in total. The first kappa shape index (κ1) is 18.4. The largest absolute Gasteiger partial charge is 0.340 e. The number of carbonyl (C=O) groups is 1. The Morgan fingerprint density at radius 3 is 2.16 bits per heavy atom. The van der Waals surface area contributed by atoms with Crippen molar-refractivity contribution in [3.63, 3.8) is 0 Å². The molecule has 2 aromatic carbocycles. The summed E-state index contributed by atoms with van der Waals surface area (Å²) >= 11 is 0. The lowest BCUT2D eigenvalue weighted by molar-refractivity contribution is -0.393. The van der Waals surface area contributed by atoms with Gasteiger partial charge in [-0.25, -0.2) is 0 Å². The van der Waals surface area contributed by atoms with Crippen LogP contribution in [0.3, 0.4) is 0 Å². The van der Waals surface area contributed by atoms with Crippen LogP contribution in [0.25, 0.3) is 16.7 Å². The Kier molecular flexibility index (Phi) is 3.65. The van der Waals surface area contributed by atoms with E-state index in [0.717, 1.165) is 6.07 Å². The Hall–Kier alpha value is -4.67. The third-order valence-electron chi connectivity index (χ3n) is 5.50. The van der Waals surface area contributed by atoms with Crippen LogP contribution in [0.5, 0.6) is 0 Å². The van der Waals surface area contributed by atoms with E-state index in [9.17, 15) is 35.1 Å². The number of Topliss-reactive ketones (excluding diaryl/α,β-unsaturated/α-hetero) is 1. The van der Waals surface area contributed by atoms with E-state index in [4.69, 9.17) is 0 Å². The van der Waals surface area contributed by atoms with Crippen molar-refractivity contribution in [1.82, 2.24) is 4.57 Å². The van der Waals surface area contributed by atoms with Gasteiger partial charge in [-0.15, -0.1) is 0 Å².